The molecule has 0 bridgehead atoms. The molecule has 0 rings (SSSR count). The largest absolute Gasteiger partial charge is 0.458 e. The average molecular weight is 280 g/mol. The number of ketones is 1. The van der Waals surface area contributed by atoms with Crippen molar-refractivity contribution < 1.29 is 19.1 Å². The molecule has 0 aromatic rings. The van der Waals surface area contributed by atoms with E-state index in [0.717, 1.165) is 24.5 Å². The maximum absolute atomic E-state index is 11.2. The number of hydrogen-bond donors (Lipinski definition) is 0. The van der Waals surface area contributed by atoms with Gasteiger partial charge in [0.1, 0.15) is 6.61 Å². The first kappa shape index (κ1) is 18.3. The fourth-order valence-corrected chi connectivity index (χ4v) is 1.35. The third kappa shape index (κ3) is 11.4. The first-order chi connectivity index (χ1) is 9.45. The van der Waals surface area contributed by atoms with E-state index in [4.69, 9.17) is 9.47 Å². The third-order valence-corrected chi connectivity index (χ3v) is 2.53. The molecule has 0 aromatic carbocycles. The molecule has 0 unspecified atom stereocenters. The zero-order valence-corrected chi connectivity index (χ0v) is 12.8. The van der Waals surface area contributed by atoms with Crippen LogP contribution in [0.2, 0.25) is 0 Å². The van der Waals surface area contributed by atoms with E-state index in [2.05, 4.69) is 13.0 Å². The number of allylic oxidation sites excluding steroid dienone is 3. The van der Waals surface area contributed by atoms with Crippen molar-refractivity contribution in [3.8, 4) is 0 Å². The summed E-state index contributed by atoms with van der Waals surface area (Å²) in [6.07, 6.45) is 8.30. The molecule has 4 heteroatoms. The zero-order valence-electron chi connectivity index (χ0n) is 12.8. The van der Waals surface area contributed by atoms with Gasteiger partial charge in [0, 0.05) is 13.2 Å². The van der Waals surface area contributed by atoms with Crippen LogP contribution >= 0.6 is 0 Å². The first-order valence-electron chi connectivity index (χ1n) is 6.61. The normalized spacial score (nSPS) is 12.8. The lowest BCUT2D eigenvalue weighted by Gasteiger charge is -2.03. The molecule has 20 heavy (non-hydrogen) atoms. The van der Waals surface area contributed by atoms with Crippen LogP contribution in [-0.4, -0.2) is 32.1 Å². The molecule has 0 aliphatic carbocycles. The van der Waals surface area contributed by atoms with E-state index in [0.29, 0.717) is 6.61 Å². The average Bonchev–Trinajstić information content (AvgIpc) is 2.40. The molecule has 0 atom stereocenters. The standard InChI is InChI=1S/C16H24O4/c1-13(10-11-19-4)6-5-7-14(2)12-20-16(18)9-8-15(3)17/h7-10H,5-6,11-12H2,1-4H3/b9-8-,13-10?,14-7?. The van der Waals surface area contributed by atoms with E-state index in [-0.39, 0.29) is 12.4 Å². The van der Waals surface area contributed by atoms with Gasteiger partial charge in [0.15, 0.2) is 5.78 Å². The summed E-state index contributed by atoms with van der Waals surface area (Å²) < 4.78 is 9.96. The van der Waals surface area contributed by atoms with Crippen molar-refractivity contribution in [3.05, 3.63) is 35.5 Å². The molecule has 0 spiro atoms. The van der Waals surface area contributed by atoms with Crippen LogP contribution in [0.15, 0.2) is 35.5 Å². The molecule has 0 saturated heterocycles. The monoisotopic (exact) mass is 280 g/mol. The number of hydrogen-bond acceptors (Lipinski definition) is 4. The number of rotatable bonds is 9. The molecule has 0 saturated carbocycles. The van der Waals surface area contributed by atoms with Crippen molar-refractivity contribution in [1.29, 1.82) is 0 Å². The van der Waals surface area contributed by atoms with Crippen LogP contribution in [0.5, 0.6) is 0 Å². The molecule has 4 nitrogen and oxygen atoms in total. The van der Waals surface area contributed by atoms with Crippen molar-refractivity contribution in [2.24, 2.45) is 0 Å². The van der Waals surface area contributed by atoms with E-state index < -0.39 is 5.97 Å². The SMILES string of the molecule is COCC=C(C)CCC=C(C)COC(=O)/C=C\C(C)=O. The molecule has 0 heterocycles. The van der Waals surface area contributed by atoms with Gasteiger partial charge in [-0.15, -0.1) is 0 Å². The minimum atomic E-state index is -0.496. The maximum Gasteiger partial charge on any atom is 0.331 e. The lowest BCUT2D eigenvalue weighted by atomic mass is 10.1. The Bertz CT molecular complexity index is 403. The van der Waals surface area contributed by atoms with Gasteiger partial charge in [-0.3, -0.25) is 4.79 Å². The third-order valence-electron chi connectivity index (χ3n) is 2.53. The Morgan fingerprint density at radius 2 is 1.70 bits per heavy atom. The van der Waals surface area contributed by atoms with Crippen LogP contribution in [0.1, 0.15) is 33.6 Å². The molecule has 112 valence electrons. The highest BCUT2D eigenvalue weighted by Crippen LogP contribution is 2.07. The van der Waals surface area contributed by atoms with E-state index in [9.17, 15) is 9.59 Å². The van der Waals surface area contributed by atoms with Gasteiger partial charge in [0.25, 0.3) is 0 Å². The van der Waals surface area contributed by atoms with Gasteiger partial charge in [-0.25, -0.2) is 4.79 Å². The maximum atomic E-state index is 11.2. The summed E-state index contributed by atoms with van der Waals surface area (Å²) >= 11 is 0. The van der Waals surface area contributed by atoms with Crippen molar-refractivity contribution in [2.75, 3.05) is 20.3 Å². The molecule has 0 aromatic heterocycles. The molecular formula is C16H24O4. The molecule has 0 N–H and O–H groups in total. The highest BCUT2D eigenvalue weighted by molar-refractivity contribution is 5.94. The van der Waals surface area contributed by atoms with Gasteiger partial charge >= 0.3 is 5.97 Å². The molecule has 0 fully saturated rings. The van der Waals surface area contributed by atoms with Crippen molar-refractivity contribution in [2.45, 2.75) is 33.6 Å². The van der Waals surface area contributed by atoms with Gasteiger partial charge < -0.3 is 9.47 Å². The Kier molecular flexibility index (Phi) is 10.2. The second-order valence-electron chi connectivity index (χ2n) is 4.65. The van der Waals surface area contributed by atoms with Gasteiger partial charge in [-0.1, -0.05) is 17.7 Å². The number of esters is 1. The first-order valence-corrected chi connectivity index (χ1v) is 6.61. The summed E-state index contributed by atoms with van der Waals surface area (Å²) in [5, 5.41) is 0. The molecular weight excluding hydrogens is 256 g/mol. The molecule has 0 amide bonds. The summed E-state index contributed by atoms with van der Waals surface area (Å²) in [4.78, 5) is 21.9. The van der Waals surface area contributed by atoms with E-state index in [1.54, 1.807) is 7.11 Å². The van der Waals surface area contributed by atoms with Crippen molar-refractivity contribution >= 4 is 11.8 Å². The minimum absolute atomic E-state index is 0.174. The topological polar surface area (TPSA) is 52.6 Å². The van der Waals surface area contributed by atoms with Crippen LogP contribution in [0.25, 0.3) is 0 Å². The predicted octanol–water partition coefficient (Wildman–Crippen LogP) is 2.99. The summed E-state index contributed by atoms with van der Waals surface area (Å²) in [6, 6.07) is 0. The summed E-state index contributed by atoms with van der Waals surface area (Å²) in [5.74, 6) is -0.670. The van der Waals surface area contributed by atoms with Crippen molar-refractivity contribution in [3.63, 3.8) is 0 Å². The van der Waals surface area contributed by atoms with Crippen LogP contribution in [0.3, 0.4) is 0 Å². The second-order valence-corrected chi connectivity index (χ2v) is 4.65. The highest BCUT2D eigenvalue weighted by Gasteiger charge is 1.98. The molecule has 0 aliphatic heterocycles. The van der Waals surface area contributed by atoms with Gasteiger partial charge in [-0.2, -0.15) is 0 Å². The number of methoxy groups -OCH3 is 1. The number of carbonyl (C=O) groups is 2. The lowest BCUT2D eigenvalue weighted by molar-refractivity contribution is -0.137. The van der Waals surface area contributed by atoms with Gasteiger partial charge in [0.05, 0.1) is 6.61 Å². The van der Waals surface area contributed by atoms with Crippen LogP contribution in [0.4, 0.5) is 0 Å². The summed E-state index contributed by atoms with van der Waals surface area (Å²) in [6.45, 7) is 6.25. The van der Waals surface area contributed by atoms with Crippen LogP contribution in [0, 0.1) is 0 Å². The Morgan fingerprint density at radius 1 is 1.00 bits per heavy atom. The molecule has 0 radical (unpaired) electrons. The Hall–Kier alpha value is -1.68. The van der Waals surface area contributed by atoms with Crippen LogP contribution in [-0.2, 0) is 19.1 Å². The van der Waals surface area contributed by atoms with Crippen LogP contribution < -0.4 is 0 Å². The second kappa shape index (κ2) is 11.2. The number of carbonyl (C=O) groups excluding carboxylic acids is 2. The predicted molar refractivity (Wildman–Crippen MR) is 79.4 cm³/mol. The minimum Gasteiger partial charge on any atom is -0.458 e. The summed E-state index contributed by atoms with van der Waals surface area (Å²) in [5.41, 5.74) is 2.27. The lowest BCUT2D eigenvalue weighted by Crippen LogP contribution is -2.03. The van der Waals surface area contributed by atoms with E-state index in [1.807, 2.05) is 13.0 Å². The van der Waals surface area contributed by atoms with E-state index >= 15 is 0 Å². The van der Waals surface area contributed by atoms with Gasteiger partial charge in [0.2, 0.25) is 0 Å². The quantitative estimate of drug-likeness (QED) is 0.370. The Labute approximate surface area is 121 Å². The smallest absolute Gasteiger partial charge is 0.331 e. The molecule has 0 aliphatic rings. The zero-order chi connectivity index (χ0) is 15.4. The number of ether oxygens (including phenoxy) is 2. The summed E-state index contributed by atoms with van der Waals surface area (Å²) in [7, 11) is 1.67. The fourth-order valence-electron chi connectivity index (χ4n) is 1.35. The van der Waals surface area contributed by atoms with E-state index in [1.165, 1.54) is 18.6 Å². The Balaban J connectivity index is 3.97. The Morgan fingerprint density at radius 3 is 2.30 bits per heavy atom. The fraction of sp³-hybridized carbons (Fsp3) is 0.500. The highest BCUT2D eigenvalue weighted by atomic mass is 16.5. The van der Waals surface area contributed by atoms with Gasteiger partial charge in [-0.05, 0) is 45.3 Å². The van der Waals surface area contributed by atoms with Crippen molar-refractivity contribution in [1.82, 2.24) is 0 Å².